The monoisotopic (exact) mass is 278 g/mol. The van der Waals surface area contributed by atoms with Crippen molar-refractivity contribution in [3.05, 3.63) is 29.6 Å². The lowest BCUT2D eigenvalue weighted by molar-refractivity contribution is -0.123. The molecule has 1 amide bonds. The van der Waals surface area contributed by atoms with Gasteiger partial charge in [0.2, 0.25) is 5.91 Å². The summed E-state index contributed by atoms with van der Waals surface area (Å²) < 4.78 is 14.1. The number of amides is 1. The average molecular weight is 278 g/mol. The summed E-state index contributed by atoms with van der Waals surface area (Å²) in [5.41, 5.74) is 0.307. The normalized spacial score (nSPS) is 25.2. The molecule has 2 aliphatic rings. The molecule has 2 fully saturated rings. The van der Waals surface area contributed by atoms with Gasteiger partial charge in [0.25, 0.3) is 0 Å². The minimum absolute atomic E-state index is 0.0299. The maximum atomic E-state index is 14.1. The number of carbonyl (C=O) groups is 2. The molecule has 0 aromatic heterocycles. The Kier molecular flexibility index (Phi) is 3.08. The second kappa shape index (κ2) is 4.77. The average Bonchev–Trinajstić information content (AvgIpc) is 2.81. The van der Waals surface area contributed by atoms with Crippen LogP contribution in [0.2, 0.25) is 0 Å². The molecule has 1 aromatic carbocycles. The summed E-state index contributed by atoms with van der Waals surface area (Å²) in [6.45, 7) is 1.20. The van der Waals surface area contributed by atoms with E-state index in [4.69, 9.17) is 5.11 Å². The van der Waals surface area contributed by atoms with E-state index in [2.05, 4.69) is 5.32 Å². The number of anilines is 1. The Bertz CT molecular complexity index is 576. The maximum Gasteiger partial charge on any atom is 0.335 e. The predicted octanol–water partition coefficient (Wildman–Crippen LogP) is 1.24. The Morgan fingerprint density at radius 2 is 2.25 bits per heavy atom. The minimum atomic E-state index is -1.15. The fourth-order valence-corrected chi connectivity index (χ4v) is 3.12. The Morgan fingerprint density at radius 3 is 2.95 bits per heavy atom. The fraction of sp³-hybridized carbons (Fsp3) is 0.429. The third-order valence-corrected chi connectivity index (χ3v) is 4.11. The van der Waals surface area contributed by atoms with Crippen LogP contribution in [-0.4, -0.2) is 36.1 Å². The van der Waals surface area contributed by atoms with Crippen LogP contribution >= 0.6 is 0 Å². The number of carboxylic acid groups (broad SMARTS) is 1. The Morgan fingerprint density at radius 1 is 1.45 bits per heavy atom. The minimum Gasteiger partial charge on any atom is -0.478 e. The molecule has 0 bridgehead atoms. The van der Waals surface area contributed by atoms with E-state index in [1.807, 2.05) is 4.90 Å². The molecule has 2 heterocycles. The predicted molar refractivity (Wildman–Crippen MR) is 70.2 cm³/mol. The van der Waals surface area contributed by atoms with Crippen LogP contribution in [0, 0.1) is 11.7 Å². The van der Waals surface area contributed by atoms with Gasteiger partial charge in [0.05, 0.1) is 23.2 Å². The zero-order valence-electron chi connectivity index (χ0n) is 10.8. The van der Waals surface area contributed by atoms with Crippen LogP contribution in [0.25, 0.3) is 0 Å². The van der Waals surface area contributed by atoms with Gasteiger partial charge in [0.15, 0.2) is 0 Å². The lowest BCUT2D eigenvalue weighted by atomic mass is 9.91. The quantitative estimate of drug-likeness (QED) is 0.854. The second-order valence-corrected chi connectivity index (χ2v) is 5.23. The number of carboxylic acids is 1. The number of fused-ring (bicyclic) bond motifs is 1. The Hall–Kier alpha value is -2.11. The van der Waals surface area contributed by atoms with Crippen LogP contribution in [0.3, 0.4) is 0 Å². The fourth-order valence-electron chi connectivity index (χ4n) is 3.12. The third-order valence-electron chi connectivity index (χ3n) is 4.11. The molecule has 0 saturated carbocycles. The summed E-state index contributed by atoms with van der Waals surface area (Å²) in [7, 11) is 0. The molecule has 2 atom stereocenters. The van der Waals surface area contributed by atoms with E-state index in [9.17, 15) is 14.0 Å². The summed E-state index contributed by atoms with van der Waals surface area (Å²) in [6.07, 6.45) is 1.65. The third kappa shape index (κ3) is 2.01. The summed E-state index contributed by atoms with van der Waals surface area (Å²) >= 11 is 0. The van der Waals surface area contributed by atoms with E-state index in [1.54, 1.807) is 0 Å². The number of nitrogens with one attached hydrogen (secondary N) is 1. The van der Waals surface area contributed by atoms with Crippen LogP contribution < -0.4 is 10.2 Å². The second-order valence-electron chi connectivity index (χ2n) is 5.23. The molecule has 3 rings (SSSR count). The molecule has 0 radical (unpaired) electrons. The van der Waals surface area contributed by atoms with E-state index in [1.165, 1.54) is 12.1 Å². The molecule has 2 saturated heterocycles. The number of aromatic carboxylic acids is 1. The first-order chi connectivity index (χ1) is 9.58. The van der Waals surface area contributed by atoms with Crippen LogP contribution in [0.15, 0.2) is 18.2 Å². The standard InChI is InChI=1S/C14H15FN2O3/c15-10-6-8(14(19)20)3-4-11(10)17-5-1-2-9-12(17)7-16-13(9)18/h3-4,6,9,12H,1-2,5,7H2,(H,16,18)(H,19,20). The van der Waals surface area contributed by atoms with Gasteiger partial charge < -0.3 is 15.3 Å². The van der Waals surface area contributed by atoms with E-state index >= 15 is 0 Å². The molecular formula is C14H15FN2O3. The van der Waals surface area contributed by atoms with Crippen molar-refractivity contribution in [3.8, 4) is 0 Å². The van der Waals surface area contributed by atoms with Gasteiger partial charge in [0, 0.05) is 13.1 Å². The van der Waals surface area contributed by atoms with Crippen LogP contribution in [0.1, 0.15) is 23.2 Å². The lowest BCUT2D eigenvalue weighted by Crippen LogP contribution is -2.46. The maximum absolute atomic E-state index is 14.1. The van der Waals surface area contributed by atoms with Crippen molar-refractivity contribution >= 4 is 17.6 Å². The first-order valence-electron chi connectivity index (χ1n) is 6.65. The highest BCUT2D eigenvalue weighted by Gasteiger charge is 2.41. The number of halogens is 1. The van der Waals surface area contributed by atoms with Crippen molar-refractivity contribution < 1.29 is 19.1 Å². The van der Waals surface area contributed by atoms with Gasteiger partial charge in [-0.1, -0.05) is 0 Å². The van der Waals surface area contributed by atoms with Gasteiger partial charge in [0.1, 0.15) is 5.82 Å². The number of hydrogen-bond donors (Lipinski definition) is 2. The number of nitrogens with zero attached hydrogens (tertiary/aromatic N) is 1. The Labute approximate surface area is 115 Å². The largest absolute Gasteiger partial charge is 0.478 e. The molecule has 2 N–H and O–H groups in total. The lowest BCUT2D eigenvalue weighted by Gasteiger charge is -2.37. The van der Waals surface area contributed by atoms with E-state index in [-0.39, 0.29) is 23.4 Å². The summed E-state index contributed by atoms with van der Waals surface area (Å²) in [6, 6.07) is 3.88. The molecule has 20 heavy (non-hydrogen) atoms. The smallest absolute Gasteiger partial charge is 0.335 e. The van der Waals surface area contributed by atoms with Crippen LogP contribution in [-0.2, 0) is 4.79 Å². The summed E-state index contributed by atoms with van der Waals surface area (Å²) in [5, 5.41) is 11.7. The zero-order valence-corrected chi connectivity index (χ0v) is 10.8. The number of rotatable bonds is 2. The highest BCUT2D eigenvalue weighted by molar-refractivity contribution is 5.88. The molecule has 0 spiro atoms. The van der Waals surface area contributed by atoms with Crippen molar-refractivity contribution in [2.24, 2.45) is 5.92 Å². The first-order valence-corrected chi connectivity index (χ1v) is 6.65. The molecule has 2 aliphatic heterocycles. The highest BCUT2D eigenvalue weighted by atomic mass is 19.1. The Balaban J connectivity index is 1.92. The van der Waals surface area contributed by atoms with Crippen molar-refractivity contribution in [2.75, 3.05) is 18.0 Å². The number of piperidine rings is 1. The molecule has 106 valence electrons. The number of carbonyl (C=O) groups excluding carboxylic acids is 1. The molecule has 2 unspecified atom stereocenters. The number of benzene rings is 1. The first kappa shape index (κ1) is 12.9. The number of hydrogen-bond acceptors (Lipinski definition) is 3. The topological polar surface area (TPSA) is 69.6 Å². The van der Waals surface area contributed by atoms with Gasteiger partial charge in [-0.05, 0) is 31.0 Å². The van der Waals surface area contributed by atoms with Gasteiger partial charge in [-0.25, -0.2) is 9.18 Å². The molecule has 0 aliphatic carbocycles. The van der Waals surface area contributed by atoms with Gasteiger partial charge in [-0.15, -0.1) is 0 Å². The highest BCUT2D eigenvalue weighted by Crippen LogP contribution is 2.33. The zero-order chi connectivity index (χ0) is 14.3. The van der Waals surface area contributed by atoms with Gasteiger partial charge in [-0.3, -0.25) is 4.79 Å². The summed E-state index contributed by atoms with van der Waals surface area (Å²) in [5.74, 6) is -1.76. The molecule has 6 heteroatoms. The molecular weight excluding hydrogens is 263 g/mol. The van der Waals surface area contributed by atoms with E-state index < -0.39 is 11.8 Å². The molecule has 1 aromatic rings. The van der Waals surface area contributed by atoms with Crippen molar-refractivity contribution in [3.63, 3.8) is 0 Å². The van der Waals surface area contributed by atoms with Crippen molar-refractivity contribution in [1.82, 2.24) is 5.32 Å². The van der Waals surface area contributed by atoms with Crippen molar-refractivity contribution in [1.29, 1.82) is 0 Å². The SMILES string of the molecule is O=C(O)c1ccc(N2CCCC3C(=O)NCC32)c(F)c1. The van der Waals surface area contributed by atoms with Crippen molar-refractivity contribution in [2.45, 2.75) is 18.9 Å². The van der Waals surface area contributed by atoms with Crippen LogP contribution in [0.5, 0.6) is 0 Å². The van der Waals surface area contributed by atoms with Gasteiger partial charge in [-0.2, -0.15) is 0 Å². The van der Waals surface area contributed by atoms with E-state index in [0.717, 1.165) is 18.9 Å². The molecule has 5 nitrogen and oxygen atoms in total. The van der Waals surface area contributed by atoms with E-state index in [0.29, 0.717) is 18.8 Å². The summed E-state index contributed by atoms with van der Waals surface area (Å²) in [4.78, 5) is 24.4. The van der Waals surface area contributed by atoms with Crippen LogP contribution in [0.4, 0.5) is 10.1 Å². The van der Waals surface area contributed by atoms with Gasteiger partial charge >= 0.3 is 5.97 Å².